The van der Waals surface area contributed by atoms with Crippen molar-refractivity contribution in [3.05, 3.63) is 24.3 Å². The van der Waals surface area contributed by atoms with Crippen LogP contribution in [0.1, 0.15) is 6.42 Å². The van der Waals surface area contributed by atoms with Crippen LogP contribution in [0.2, 0.25) is 0 Å². The van der Waals surface area contributed by atoms with Gasteiger partial charge in [-0.25, -0.2) is 0 Å². The third-order valence-electron chi connectivity index (χ3n) is 2.24. The van der Waals surface area contributed by atoms with Crippen molar-refractivity contribution in [1.29, 1.82) is 0 Å². The van der Waals surface area contributed by atoms with E-state index in [0.29, 0.717) is 13.0 Å². The van der Waals surface area contributed by atoms with Gasteiger partial charge >= 0.3 is 0 Å². The summed E-state index contributed by atoms with van der Waals surface area (Å²) in [7, 11) is 5.40. The Balaban J connectivity index is 2.53. The number of hydrogen-bond acceptors (Lipinski definition) is 4. The van der Waals surface area contributed by atoms with Crippen LogP contribution in [-0.2, 0) is 4.74 Å². The second kappa shape index (κ2) is 6.35. The van der Waals surface area contributed by atoms with E-state index in [1.165, 1.54) is 7.11 Å². The molecule has 0 spiro atoms. The fraction of sp³-hybridized carbons (Fsp3) is 0.500. The van der Waals surface area contributed by atoms with Crippen LogP contribution in [0.4, 0.5) is 5.69 Å². The molecule has 0 bridgehead atoms. The van der Waals surface area contributed by atoms with Crippen molar-refractivity contribution in [2.24, 2.45) is 0 Å². The van der Waals surface area contributed by atoms with Gasteiger partial charge in [0, 0.05) is 27.6 Å². The third-order valence-corrected chi connectivity index (χ3v) is 2.24. The Kier molecular flexibility index (Phi) is 5.08. The quantitative estimate of drug-likeness (QED) is 0.745. The fourth-order valence-electron chi connectivity index (χ4n) is 1.34. The summed E-state index contributed by atoms with van der Waals surface area (Å²) < 4.78 is 10.3. The second-order valence-electron chi connectivity index (χ2n) is 3.69. The number of benzene rings is 1. The number of aliphatic hydroxyl groups excluding tert-OH is 1. The molecule has 1 rings (SSSR count). The third kappa shape index (κ3) is 3.72. The largest absolute Gasteiger partial charge is 0.491 e. The zero-order chi connectivity index (χ0) is 12.0. The second-order valence-corrected chi connectivity index (χ2v) is 3.69. The molecule has 0 radical (unpaired) electrons. The summed E-state index contributed by atoms with van der Waals surface area (Å²) in [5, 5.41) is 9.20. The summed E-state index contributed by atoms with van der Waals surface area (Å²) in [5.74, 6) is 0.816. The van der Waals surface area contributed by atoms with Gasteiger partial charge in [0.2, 0.25) is 0 Å². The summed E-state index contributed by atoms with van der Waals surface area (Å²) >= 11 is 0. The van der Waals surface area contributed by atoms with E-state index < -0.39 is 6.29 Å². The predicted octanol–water partition coefficient (Wildman–Crippen LogP) is 1.49. The molecule has 0 heterocycles. The molecule has 1 atom stereocenters. The van der Waals surface area contributed by atoms with Gasteiger partial charge in [-0.3, -0.25) is 0 Å². The van der Waals surface area contributed by atoms with E-state index >= 15 is 0 Å². The average molecular weight is 225 g/mol. The van der Waals surface area contributed by atoms with Crippen LogP contribution in [0.25, 0.3) is 0 Å². The summed E-state index contributed by atoms with van der Waals surface area (Å²) in [6.45, 7) is 0.430. The van der Waals surface area contributed by atoms with Crippen molar-refractivity contribution in [1.82, 2.24) is 0 Å². The highest BCUT2D eigenvalue weighted by atomic mass is 16.6. The monoisotopic (exact) mass is 225 g/mol. The summed E-state index contributed by atoms with van der Waals surface area (Å²) in [5.41, 5.74) is 1.02. The Morgan fingerprint density at radius 1 is 1.31 bits per heavy atom. The number of methoxy groups -OCH3 is 1. The van der Waals surface area contributed by atoms with Crippen LogP contribution in [0.3, 0.4) is 0 Å². The minimum atomic E-state index is -0.758. The fourth-order valence-corrected chi connectivity index (χ4v) is 1.34. The van der Waals surface area contributed by atoms with E-state index in [1.54, 1.807) is 0 Å². The van der Waals surface area contributed by atoms with Crippen LogP contribution < -0.4 is 9.64 Å². The Hall–Kier alpha value is -1.26. The van der Waals surface area contributed by atoms with Gasteiger partial charge in [0.1, 0.15) is 5.75 Å². The Labute approximate surface area is 96.4 Å². The highest BCUT2D eigenvalue weighted by molar-refractivity contribution is 5.57. The molecule has 1 N–H and O–H groups in total. The van der Waals surface area contributed by atoms with Crippen molar-refractivity contribution >= 4 is 5.69 Å². The van der Waals surface area contributed by atoms with E-state index in [1.807, 2.05) is 43.3 Å². The number of ether oxygens (including phenoxy) is 2. The number of para-hydroxylation sites is 2. The highest BCUT2D eigenvalue weighted by Gasteiger charge is 2.06. The molecule has 0 aliphatic rings. The Morgan fingerprint density at radius 2 is 2.00 bits per heavy atom. The molecule has 4 heteroatoms. The van der Waals surface area contributed by atoms with E-state index in [9.17, 15) is 5.11 Å². The van der Waals surface area contributed by atoms with Crippen LogP contribution in [0.15, 0.2) is 24.3 Å². The van der Waals surface area contributed by atoms with E-state index in [4.69, 9.17) is 9.47 Å². The maximum atomic E-state index is 9.20. The molecular formula is C12H19NO3. The zero-order valence-electron chi connectivity index (χ0n) is 10.0. The van der Waals surface area contributed by atoms with Crippen molar-refractivity contribution in [3.63, 3.8) is 0 Å². The Morgan fingerprint density at radius 3 is 2.62 bits per heavy atom. The Bertz CT molecular complexity index is 315. The minimum Gasteiger partial charge on any atom is -0.491 e. The number of rotatable bonds is 6. The number of anilines is 1. The van der Waals surface area contributed by atoms with Crippen LogP contribution in [0.5, 0.6) is 5.75 Å². The lowest BCUT2D eigenvalue weighted by molar-refractivity contribution is -0.0834. The van der Waals surface area contributed by atoms with E-state index in [-0.39, 0.29) is 0 Å². The number of hydrogen-bond donors (Lipinski definition) is 1. The van der Waals surface area contributed by atoms with Gasteiger partial charge in [0.15, 0.2) is 6.29 Å². The van der Waals surface area contributed by atoms with Gasteiger partial charge in [-0.2, -0.15) is 0 Å². The molecule has 0 aliphatic carbocycles. The molecule has 1 aromatic rings. The number of nitrogens with zero attached hydrogens (tertiary/aromatic N) is 1. The highest BCUT2D eigenvalue weighted by Crippen LogP contribution is 2.26. The van der Waals surface area contributed by atoms with Crippen molar-refractivity contribution in [2.45, 2.75) is 12.7 Å². The number of aliphatic hydroxyl groups is 1. The summed E-state index contributed by atoms with van der Waals surface area (Å²) in [4.78, 5) is 1.99. The van der Waals surface area contributed by atoms with Crippen LogP contribution >= 0.6 is 0 Å². The van der Waals surface area contributed by atoms with Gasteiger partial charge in [-0.05, 0) is 12.1 Å². The molecule has 0 saturated heterocycles. The first kappa shape index (κ1) is 12.8. The average Bonchev–Trinajstić information content (AvgIpc) is 2.29. The normalized spacial score (nSPS) is 12.2. The molecule has 0 aliphatic heterocycles. The van der Waals surface area contributed by atoms with Crippen molar-refractivity contribution in [3.8, 4) is 5.75 Å². The lowest BCUT2D eigenvalue weighted by Gasteiger charge is -2.18. The van der Waals surface area contributed by atoms with Crippen molar-refractivity contribution in [2.75, 3.05) is 32.7 Å². The maximum absolute atomic E-state index is 9.20. The predicted molar refractivity (Wildman–Crippen MR) is 63.9 cm³/mol. The van der Waals surface area contributed by atoms with E-state index in [0.717, 1.165) is 11.4 Å². The molecule has 90 valence electrons. The van der Waals surface area contributed by atoms with Gasteiger partial charge < -0.3 is 19.5 Å². The summed E-state index contributed by atoms with van der Waals surface area (Å²) in [6, 6.07) is 7.79. The van der Waals surface area contributed by atoms with Crippen molar-refractivity contribution < 1.29 is 14.6 Å². The first-order valence-corrected chi connectivity index (χ1v) is 5.25. The molecule has 0 fully saturated rings. The molecule has 16 heavy (non-hydrogen) atoms. The first-order chi connectivity index (χ1) is 7.65. The maximum Gasteiger partial charge on any atom is 0.157 e. The lowest BCUT2D eigenvalue weighted by atomic mass is 10.3. The lowest BCUT2D eigenvalue weighted by Crippen LogP contribution is -2.15. The standard InChI is InChI=1S/C12H19NO3/c1-13(2)10-6-4-5-7-11(10)16-9-8-12(14)15-3/h4-7,12,14H,8-9H2,1-3H3. The van der Waals surface area contributed by atoms with Gasteiger partial charge in [0.25, 0.3) is 0 Å². The first-order valence-electron chi connectivity index (χ1n) is 5.25. The molecule has 0 aromatic heterocycles. The van der Waals surface area contributed by atoms with Gasteiger partial charge in [-0.1, -0.05) is 12.1 Å². The van der Waals surface area contributed by atoms with E-state index in [2.05, 4.69) is 0 Å². The molecule has 1 unspecified atom stereocenters. The molecule has 4 nitrogen and oxygen atoms in total. The van der Waals surface area contributed by atoms with Gasteiger partial charge in [0.05, 0.1) is 12.3 Å². The molecule has 1 aromatic carbocycles. The smallest absolute Gasteiger partial charge is 0.157 e. The molecule has 0 amide bonds. The molecule has 0 saturated carbocycles. The topological polar surface area (TPSA) is 41.9 Å². The summed E-state index contributed by atoms with van der Waals surface area (Å²) in [6.07, 6.45) is -0.301. The van der Waals surface area contributed by atoms with Gasteiger partial charge in [-0.15, -0.1) is 0 Å². The van der Waals surface area contributed by atoms with Crippen LogP contribution in [0, 0.1) is 0 Å². The zero-order valence-corrected chi connectivity index (χ0v) is 10.0. The van der Waals surface area contributed by atoms with Crippen LogP contribution in [-0.4, -0.2) is 39.2 Å². The minimum absolute atomic E-state index is 0.430. The SMILES string of the molecule is COC(O)CCOc1ccccc1N(C)C. The molecular weight excluding hydrogens is 206 g/mol.